The second-order valence-electron chi connectivity index (χ2n) is 5.79. The molecule has 0 aliphatic carbocycles. The predicted octanol–water partition coefficient (Wildman–Crippen LogP) is 1.72. The van der Waals surface area contributed by atoms with Gasteiger partial charge in [0.15, 0.2) is 0 Å². The Morgan fingerprint density at radius 2 is 2.20 bits per heavy atom. The van der Waals surface area contributed by atoms with Gasteiger partial charge in [0.2, 0.25) is 5.91 Å². The molecular weight excluding hydrogens is 252 g/mol. The van der Waals surface area contributed by atoms with Crippen LogP contribution in [0.3, 0.4) is 0 Å². The Labute approximate surface area is 120 Å². The molecule has 2 aliphatic rings. The Bertz CT molecular complexity index is 493. The molecule has 0 spiro atoms. The second kappa shape index (κ2) is 5.83. The fraction of sp³-hybridized carbons (Fsp3) is 0.562. The zero-order valence-electron chi connectivity index (χ0n) is 12.0. The van der Waals surface area contributed by atoms with Crippen molar-refractivity contribution in [3.8, 4) is 5.75 Å². The standard InChI is InChI=1S/C16H22N2O2/c1-12(19)17-15-4-7-18(8-5-15)11-13-2-3-16-14(10-13)6-9-20-16/h2-3,10,15H,4-9,11H2,1H3,(H,17,19). The van der Waals surface area contributed by atoms with Gasteiger partial charge in [-0.15, -0.1) is 0 Å². The van der Waals surface area contributed by atoms with Crippen LogP contribution in [-0.4, -0.2) is 36.5 Å². The Hall–Kier alpha value is -1.55. The largest absolute Gasteiger partial charge is 0.493 e. The van der Waals surface area contributed by atoms with Crippen LogP contribution in [-0.2, 0) is 17.8 Å². The molecule has 2 heterocycles. The quantitative estimate of drug-likeness (QED) is 0.912. The summed E-state index contributed by atoms with van der Waals surface area (Å²) in [4.78, 5) is 13.5. The molecule has 4 heteroatoms. The lowest BCUT2D eigenvalue weighted by Gasteiger charge is -2.32. The molecule has 3 rings (SSSR count). The van der Waals surface area contributed by atoms with E-state index in [1.807, 2.05) is 0 Å². The number of fused-ring (bicyclic) bond motifs is 1. The third kappa shape index (κ3) is 3.12. The average Bonchev–Trinajstić information content (AvgIpc) is 2.88. The smallest absolute Gasteiger partial charge is 0.217 e. The SMILES string of the molecule is CC(=O)NC1CCN(Cc2ccc3c(c2)CCO3)CC1. The lowest BCUT2D eigenvalue weighted by Crippen LogP contribution is -2.43. The number of carbonyl (C=O) groups is 1. The van der Waals surface area contributed by atoms with Crippen molar-refractivity contribution >= 4 is 5.91 Å². The van der Waals surface area contributed by atoms with E-state index in [0.29, 0.717) is 6.04 Å². The third-order valence-electron chi connectivity index (χ3n) is 4.16. The average molecular weight is 274 g/mol. The molecule has 4 nitrogen and oxygen atoms in total. The molecule has 0 aromatic heterocycles. The summed E-state index contributed by atoms with van der Waals surface area (Å²) in [6.45, 7) is 5.52. The third-order valence-corrected chi connectivity index (χ3v) is 4.16. The van der Waals surface area contributed by atoms with Crippen LogP contribution in [0.15, 0.2) is 18.2 Å². The number of hydrogen-bond acceptors (Lipinski definition) is 3. The molecule has 0 radical (unpaired) electrons. The van der Waals surface area contributed by atoms with Crippen molar-refractivity contribution in [3.05, 3.63) is 29.3 Å². The molecule has 0 saturated carbocycles. The van der Waals surface area contributed by atoms with Crippen LogP contribution in [0.5, 0.6) is 5.75 Å². The number of ether oxygens (including phenoxy) is 1. The van der Waals surface area contributed by atoms with Gasteiger partial charge in [0, 0.05) is 39.0 Å². The molecule has 0 atom stereocenters. The van der Waals surface area contributed by atoms with Crippen molar-refractivity contribution in [1.29, 1.82) is 0 Å². The van der Waals surface area contributed by atoms with E-state index in [2.05, 4.69) is 28.4 Å². The van der Waals surface area contributed by atoms with Gasteiger partial charge in [-0.05, 0) is 30.0 Å². The minimum Gasteiger partial charge on any atom is -0.493 e. The Balaban J connectivity index is 1.53. The van der Waals surface area contributed by atoms with Gasteiger partial charge in [0.25, 0.3) is 0 Å². The van der Waals surface area contributed by atoms with E-state index in [9.17, 15) is 4.79 Å². The van der Waals surface area contributed by atoms with Crippen molar-refractivity contribution in [2.24, 2.45) is 0 Å². The predicted molar refractivity (Wildman–Crippen MR) is 77.8 cm³/mol. The molecular formula is C16H22N2O2. The molecule has 108 valence electrons. The number of carbonyl (C=O) groups excluding carboxylic acids is 1. The van der Waals surface area contributed by atoms with Crippen LogP contribution in [0.25, 0.3) is 0 Å². The van der Waals surface area contributed by atoms with Crippen LogP contribution in [0.2, 0.25) is 0 Å². The van der Waals surface area contributed by atoms with Crippen molar-refractivity contribution in [2.75, 3.05) is 19.7 Å². The summed E-state index contributed by atoms with van der Waals surface area (Å²) < 4.78 is 5.54. The zero-order valence-corrected chi connectivity index (χ0v) is 12.0. The second-order valence-corrected chi connectivity index (χ2v) is 5.79. The van der Waals surface area contributed by atoms with E-state index < -0.39 is 0 Å². The maximum atomic E-state index is 11.1. The van der Waals surface area contributed by atoms with E-state index in [4.69, 9.17) is 4.74 Å². The minimum absolute atomic E-state index is 0.0853. The highest BCUT2D eigenvalue weighted by Crippen LogP contribution is 2.26. The van der Waals surface area contributed by atoms with Crippen LogP contribution in [0, 0.1) is 0 Å². The number of hydrogen-bond donors (Lipinski definition) is 1. The molecule has 1 N–H and O–H groups in total. The fourth-order valence-electron chi connectivity index (χ4n) is 3.12. The molecule has 1 aromatic rings. The first-order valence-electron chi connectivity index (χ1n) is 7.45. The van der Waals surface area contributed by atoms with E-state index in [1.165, 1.54) is 11.1 Å². The molecule has 2 aliphatic heterocycles. The van der Waals surface area contributed by atoms with Gasteiger partial charge < -0.3 is 10.1 Å². The Morgan fingerprint density at radius 1 is 1.40 bits per heavy atom. The summed E-state index contributed by atoms with van der Waals surface area (Å²) in [5.41, 5.74) is 2.71. The minimum atomic E-state index is 0.0853. The molecule has 1 fully saturated rings. The van der Waals surface area contributed by atoms with Gasteiger partial charge in [-0.3, -0.25) is 9.69 Å². The molecule has 1 saturated heterocycles. The summed E-state index contributed by atoms with van der Waals surface area (Å²) in [5, 5.41) is 3.02. The number of nitrogens with zero attached hydrogens (tertiary/aromatic N) is 1. The van der Waals surface area contributed by atoms with Gasteiger partial charge in [0.1, 0.15) is 5.75 Å². The van der Waals surface area contributed by atoms with Crippen LogP contribution in [0.1, 0.15) is 30.9 Å². The van der Waals surface area contributed by atoms with Crippen molar-refractivity contribution in [2.45, 2.75) is 38.8 Å². The molecule has 1 aromatic carbocycles. The molecule has 1 amide bonds. The summed E-state index contributed by atoms with van der Waals surface area (Å²) in [6, 6.07) is 6.91. The van der Waals surface area contributed by atoms with Crippen molar-refractivity contribution < 1.29 is 9.53 Å². The molecule has 0 unspecified atom stereocenters. The Kier molecular flexibility index (Phi) is 3.92. The summed E-state index contributed by atoms with van der Waals surface area (Å²) >= 11 is 0. The highest BCUT2D eigenvalue weighted by atomic mass is 16.5. The lowest BCUT2D eigenvalue weighted by atomic mass is 10.0. The maximum absolute atomic E-state index is 11.1. The normalized spacial score (nSPS) is 19.4. The first-order chi connectivity index (χ1) is 9.70. The highest BCUT2D eigenvalue weighted by Gasteiger charge is 2.20. The van der Waals surface area contributed by atoms with Gasteiger partial charge in [-0.25, -0.2) is 0 Å². The van der Waals surface area contributed by atoms with Crippen LogP contribution < -0.4 is 10.1 Å². The summed E-state index contributed by atoms with van der Waals surface area (Å²) in [5.74, 6) is 1.14. The number of nitrogens with one attached hydrogen (secondary N) is 1. The first kappa shape index (κ1) is 13.4. The highest BCUT2D eigenvalue weighted by molar-refractivity contribution is 5.73. The molecule has 20 heavy (non-hydrogen) atoms. The lowest BCUT2D eigenvalue weighted by molar-refractivity contribution is -0.119. The summed E-state index contributed by atoms with van der Waals surface area (Å²) in [6.07, 6.45) is 3.13. The van der Waals surface area contributed by atoms with Crippen LogP contribution in [0.4, 0.5) is 0 Å². The van der Waals surface area contributed by atoms with Gasteiger partial charge in [-0.1, -0.05) is 12.1 Å². The van der Waals surface area contributed by atoms with E-state index in [-0.39, 0.29) is 5.91 Å². The van der Waals surface area contributed by atoms with E-state index in [0.717, 1.165) is 51.3 Å². The van der Waals surface area contributed by atoms with E-state index in [1.54, 1.807) is 6.92 Å². The topological polar surface area (TPSA) is 41.6 Å². The number of rotatable bonds is 3. The Morgan fingerprint density at radius 3 is 2.95 bits per heavy atom. The van der Waals surface area contributed by atoms with Crippen molar-refractivity contribution in [3.63, 3.8) is 0 Å². The van der Waals surface area contributed by atoms with Gasteiger partial charge in [-0.2, -0.15) is 0 Å². The number of piperidine rings is 1. The molecule has 0 bridgehead atoms. The van der Waals surface area contributed by atoms with Gasteiger partial charge >= 0.3 is 0 Å². The maximum Gasteiger partial charge on any atom is 0.217 e. The number of benzene rings is 1. The van der Waals surface area contributed by atoms with E-state index >= 15 is 0 Å². The number of amides is 1. The zero-order chi connectivity index (χ0) is 13.9. The van der Waals surface area contributed by atoms with Crippen molar-refractivity contribution in [1.82, 2.24) is 10.2 Å². The van der Waals surface area contributed by atoms with Gasteiger partial charge in [0.05, 0.1) is 6.61 Å². The first-order valence-corrected chi connectivity index (χ1v) is 7.45. The monoisotopic (exact) mass is 274 g/mol. The summed E-state index contributed by atoms with van der Waals surface area (Å²) in [7, 11) is 0. The fourth-order valence-corrected chi connectivity index (χ4v) is 3.12. The number of likely N-dealkylation sites (tertiary alicyclic amines) is 1. The van der Waals surface area contributed by atoms with Crippen LogP contribution >= 0.6 is 0 Å².